The molecule has 0 amide bonds. The van der Waals surface area contributed by atoms with Gasteiger partial charge in [-0.05, 0) is 25.6 Å². The van der Waals surface area contributed by atoms with Crippen LogP contribution in [-0.2, 0) is 4.43 Å². The van der Waals surface area contributed by atoms with E-state index in [1.54, 1.807) is 0 Å². The highest BCUT2D eigenvalue weighted by Gasteiger charge is 2.24. The molecule has 13 heavy (non-hydrogen) atoms. The van der Waals surface area contributed by atoms with E-state index in [1.165, 1.54) is 18.9 Å². The first kappa shape index (κ1) is 14.1. The lowest BCUT2D eigenvalue weighted by molar-refractivity contribution is 0.280. The van der Waals surface area contributed by atoms with Gasteiger partial charge in [0.25, 0.3) is 0 Å². The predicted octanol–water partition coefficient (Wildman–Crippen LogP) is 4.51. The van der Waals surface area contributed by atoms with Crippen LogP contribution in [0, 0.1) is 0 Å². The predicted molar refractivity (Wildman–Crippen MR) is 69.4 cm³/mol. The molecule has 0 heterocycles. The summed E-state index contributed by atoms with van der Waals surface area (Å²) in [5.74, 6) is 0. The lowest BCUT2D eigenvalue weighted by Crippen LogP contribution is -2.33. The Hall–Kier alpha value is 1.14. The summed E-state index contributed by atoms with van der Waals surface area (Å²) in [5.41, 5.74) is 0. The zero-order valence-electron chi connectivity index (χ0n) is 8.78. The Bertz CT molecular complexity index is 131. The largest absolute Gasteiger partial charge is 0.405 e. The summed E-state index contributed by atoms with van der Waals surface area (Å²) in [7, 11) is -1.39. The first-order valence-electron chi connectivity index (χ1n) is 4.89. The third-order valence-electron chi connectivity index (χ3n) is 1.92. The quantitative estimate of drug-likeness (QED) is 0.492. The average molecular weight is 332 g/mol. The highest BCUT2D eigenvalue weighted by molar-refractivity contribution is 9.10. The van der Waals surface area contributed by atoms with Gasteiger partial charge in [0.1, 0.15) is 5.01 Å². The number of hydrogen-bond acceptors (Lipinski definition) is 1. The fourth-order valence-corrected chi connectivity index (χ4v) is 6.06. The van der Waals surface area contributed by atoms with Crippen molar-refractivity contribution in [1.82, 2.24) is 0 Å². The van der Waals surface area contributed by atoms with Crippen molar-refractivity contribution in [3.63, 3.8) is 0 Å². The molecule has 0 spiro atoms. The Morgan fingerprint density at radius 3 is 2.46 bits per heavy atom. The molecule has 1 atom stereocenters. The molecule has 0 saturated heterocycles. The Kier molecular flexibility index (Phi) is 8.08. The number of unbranched alkanes of at least 4 members (excludes halogenated alkanes) is 1. The number of hydrogen-bond donors (Lipinski definition) is 0. The molecule has 4 heteroatoms. The SMILES string of the molecule is CCCC[Si](C)(C)OC(Br)CCBr. The summed E-state index contributed by atoms with van der Waals surface area (Å²) >= 11 is 6.96. The molecule has 0 N–H and O–H groups in total. The first-order chi connectivity index (χ1) is 6.02. The van der Waals surface area contributed by atoms with Crippen LogP contribution in [0.1, 0.15) is 26.2 Å². The molecule has 0 rings (SSSR count). The molecule has 0 aromatic carbocycles. The van der Waals surface area contributed by atoms with Crippen LogP contribution < -0.4 is 0 Å². The number of alkyl halides is 2. The maximum absolute atomic E-state index is 6.01. The van der Waals surface area contributed by atoms with Crippen molar-refractivity contribution in [2.24, 2.45) is 0 Å². The second-order valence-electron chi connectivity index (χ2n) is 3.87. The zero-order chi connectivity index (χ0) is 10.3. The summed E-state index contributed by atoms with van der Waals surface area (Å²) < 4.78 is 6.01. The maximum atomic E-state index is 6.01. The molecule has 1 unspecified atom stereocenters. The van der Waals surface area contributed by atoms with Crippen LogP contribution in [0.5, 0.6) is 0 Å². The van der Waals surface area contributed by atoms with Crippen molar-refractivity contribution < 1.29 is 4.43 Å². The van der Waals surface area contributed by atoms with Crippen molar-refractivity contribution in [2.75, 3.05) is 5.33 Å². The summed E-state index contributed by atoms with van der Waals surface area (Å²) in [4.78, 5) is 0. The van der Waals surface area contributed by atoms with Crippen LogP contribution in [0.25, 0.3) is 0 Å². The highest BCUT2D eigenvalue weighted by Crippen LogP contribution is 2.21. The minimum absolute atomic E-state index is 0.241. The monoisotopic (exact) mass is 330 g/mol. The average Bonchev–Trinajstić information content (AvgIpc) is 2.00. The molecule has 0 aromatic heterocycles. The van der Waals surface area contributed by atoms with Gasteiger partial charge in [-0.3, -0.25) is 0 Å². The van der Waals surface area contributed by atoms with E-state index in [1.807, 2.05) is 0 Å². The fourth-order valence-electron chi connectivity index (χ4n) is 1.15. The van der Waals surface area contributed by atoms with E-state index in [-0.39, 0.29) is 5.01 Å². The molecule has 80 valence electrons. The molecular weight excluding hydrogens is 312 g/mol. The fraction of sp³-hybridized carbons (Fsp3) is 1.00. The van der Waals surface area contributed by atoms with Crippen LogP contribution in [0.3, 0.4) is 0 Å². The van der Waals surface area contributed by atoms with Gasteiger partial charge in [0.2, 0.25) is 0 Å². The molecular formula is C9H20Br2OSi. The van der Waals surface area contributed by atoms with Gasteiger partial charge >= 0.3 is 0 Å². The molecule has 0 aliphatic rings. The van der Waals surface area contributed by atoms with Crippen molar-refractivity contribution >= 4 is 40.2 Å². The van der Waals surface area contributed by atoms with Gasteiger partial charge in [-0.1, -0.05) is 51.6 Å². The van der Waals surface area contributed by atoms with Gasteiger partial charge in [0.05, 0.1) is 0 Å². The van der Waals surface area contributed by atoms with E-state index >= 15 is 0 Å². The second kappa shape index (κ2) is 7.43. The normalized spacial score (nSPS) is 14.5. The van der Waals surface area contributed by atoms with Crippen LogP contribution in [0.4, 0.5) is 0 Å². The first-order valence-corrected chi connectivity index (χ1v) is 10.0. The second-order valence-corrected chi connectivity index (χ2v) is 9.94. The summed E-state index contributed by atoms with van der Waals surface area (Å²) in [6.07, 6.45) is 3.61. The topological polar surface area (TPSA) is 9.23 Å². The van der Waals surface area contributed by atoms with Crippen molar-refractivity contribution in [2.45, 2.75) is 50.3 Å². The van der Waals surface area contributed by atoms with Gasteiger partial charge < -0.3 is 4.43 Å². The minimum atomic E-state index is -1.39. The maximum Gasteiger partial charge on any atom is 0.188 e. The molecule has 1 nitrogen and oxygen atoms in total. The summed E-state index contributed by atoms with van der Waals surface area (Å²) in [6.45, 7) is 6.82. The Morgan fingerprint density at radius 2 is 2.00 bits per heavy atom. The number of rotatable bonds is 7. The molecule has 0 aromatic rings. The van der Waals surface area contributed by atoms with Gasteiger partial charge in [-0.15, -0.1) is 0 Å². The Labute approximate surface area is 100 Å². The van der Waals surface area contributed by atoms with E-state index in [4.69, 9.17) is 4.43 Å². The third kappa shape index (κ3) is 8.15. The lowest BCUT2D eigenvalue weighted by Gasteiger charge is -2.25. The van der Waals surface area contributed by atoms with E-state index in [0.717, 1.165) is 11.8 Å². The van der Waals surface area contributed by atoms with Crippen LogP contribution in [0.15, 0.2) is 0 Å². The summed E-state index contributed by atoms with van der Waals surface area (Å²) in [6, 6.07) is 1.27. The van der Waals surface area contributed by atoms with E-state index < -0.39 is 8.32 Å². The molecule has 0 radical (unpaired) electrons. The number of halogens is 2. The third-order valence-corrected chi connectivity index (χ3v) is 5.84. The highest BCUT2D eigenvalue weighted by atomic mass is 79.9. The van der Waals surface area contributed by atoms with Gasteiger partial charge in [0.15, 0.2) is 8.32 Å². The Balaban J connectivity index is 3.71. The van der Waals surface area contributed by atoms with Crippen LogP contribution in [0.2, 0.25) is 19.1 Å². The molecule has 0 saturated carbocycles. The van der Waals surface area contributed by atoms with Crippen LogP contribution in [-0.4, -0.2) is 18.7 Å². The Morgan fingerprint density at radius 1 is 1.38 bits per heavy atom. The standard InChI is InChI=1S/C9H20Br2OSi/c1-4-5-8-13(2,3)12-9(11)6-7-10/h9H,4-8H2,1-3H3. The molecule has 0 fully saturated rings. The van der Waals surface area contributed by atoms with Gasteiger partial charge in [0, 0.05) is 5.33 Å². The smallest absolute Gasteiger partial charge is 0.188 e. The summed E-state index contributed by atoms with van der Waals surface area (Å²) in [5, 5.41) is 1.24. The van der Waals surface area contributed by atoms with Crippen molar-refractivity contribution in [3.05, 3.63) is 0 Å². The minimum Gasteiger partial charge on any atom is -0.405 e. The zero-order valence-corrected chi connectivity index (χ0v) is 12.9. The van der Waals surface area contributed by atoms with E-state index in [2.05, 4.69) is 51.9 Å². The van der Waals surface area contributed by atoms with Crippen LogP contribution >= 0.6 is 31.9 Å². The van der Waals surface area contributed by atoms with E-state index in [9.17, 15) is 0 Å². The van der Waals surface area contributed by atoms with Gasteiger partial charge in [-0.2, -0.15) is 0 Å². The molecule has 0 aliphatic heterocycles. The molecule has 0 aliphatic carbocycles. The van der Waals surface area contributed by atoms with Crippen molar-refractivity contribution in [1.29, 1.82) is 0 Å². The lowest BCUT2D eigenvalue weighted by atomic mass is 10.4. The van der Waals surface area contributed by atoms with E-state index in [0.29, 0.717) is 0 Å². The van der Waals surface area contributed by atoms with Crippen molar-refractivity contribution in [3.8, 4) is 0 Å². The van der Waals surface area contributed by atoms with Gasteiger partial charge in [-0.25, -0.2) is 0 Å². The molecule has 0 bridgehead atoms.